The third-order valence-corrected chi connectivity index (χ3v) is 9.61. The maximum atomic E-state index is 6.63. The van der Waals surface area contributed by atoms with E-state index >= 15 is 0 Å². The van der Waals surface area contributed by atoms with Crippen LogP contribution in [0.2, 0.25) is 0 Å². The summed E-state index contributed by atoms with van der Waals surface area (Å²) in [5.41, 5.74) is 13.0. The summed E-state index contributed by atoms with van der Waals surface area (Å²) in [5, 5.41) is 3.44. The average Bonchev–Trinajstić information content (AvgIpc) is 3.74. The minimum Gasteiger partial charge on any atom is -0.452 e. The van der Waals surface area contributed by atoms with Gasteiger partial charge in [-0.2, -0.15) is 0 Å². The van der Waals surface area contributed by atoms with E-state index in [1.807, 2.05) is 42.5 Å². The lowest BCUT2D eigenvalue weighted by molar-refractivity contribution is 0.667. The molecule has 0 N–H and O–H groups in total. The van der Waals surface area contributed by atoms with Crippen LogP contribution in [0.15, 0.2) is 180 Å². The van der Waals surface area contributed by atoms with E-state index in [1.165, 1.54) is 32.9 Å². The molecule has 0 unspecified atom stereocenters. The van der Waals surface area contributed by atoms with E-state index in [2.05, 4.69) is 138 Å². The van der Waals surface area contributed by atoms with Gasteiger partial charge >= 0.3 is 0 Å². The minimum absolute atomic E-state index is 0.670. The van der Waals surface area contributed by atoms with Crippen molar-refractivity contribution in [3.05, 3.63) is 176 Å². The number of nitrogens with zero attached hydrogens (tertiary/aromatic N) is 3. The number of hydrogen-bond donors (Lipinski definition) is 0. The van der Waals surface area contributed by atoms with Gasteiger partial charge in [-0.15, -0.1) is 0 Å². The molecule has 0 radical (unpaired) electrons. The SMILES string of the molecule is c1ccc(-c2ccc3c(c2)c2ccccc2n3-c2cccc(-c3cccc4oc5c(-c6ccccc6)nc(-c6ccccc6)nc5c34)c2)cc1. The molecular formula is C46H29N3O. The number of furan rings is 1. The molecule has 3 aromatic heterocycles. The highest BCUT2D eigenvalue weighted by Gasteiger charge is 2.21. The molecule has 10 aromatic rings. The molecule has 0 atom stereocenters. The lowest BCUT2D eigenvalue weighted by Crippen LogP contribution is -1.95. The summed E-state index contributed by atoms with van der Waals surface area (Å²) in [5.74, 6) is 0.670. The van der Waals surface area contributed by atoms with Gasteiger partial charge in [0.1, 0.15) is 16.8 Å². The van der Waals surface area contributed by atoms with Crippen LogP contribution in [0.25, 0.3) is 94.5 Å². The highest BCUT2D eigenvalue weighted by atomic mass is 16.3. The van der Waals surface area contributed by atoms with Crippen LogP contribution in [0.4, 0.5) is 0 Å². The van der Waals surface area contributed by atoms with Crippen LogP contribution < -0.4 is 0 Å². The molecule has 234 valence electrons. The first-order chi connectivity index (χ1) is 24.8. The van der Waals surface area contributed by atoms with Crippen LogP contribution in [-0.4, -0.2) is 14.5 Å². The van der Waals surface area contributed by atoms with Crippen molar-refractivity contribution in [3.8, 4) is 50.6 Å². The van der Waals surface area contributed by atoms with E-state index in [4.69, 9.17) is 14.4 Å². The van der Waals surface area contributed by atoms with Crippen LogP contribution >= 0.6 is 0 Å². The van der Waals surface area contributed by atoms with Gasteiger partial charge in [0.2, 0.25) is 0 Å². The molecular weight excluding hydrogens is 611 g/mol. The maximum absolute atomic E-state index is 6.63. The molecule has 0 amide bonds. The number of aromatic nitrogens is 3. The van der Waals surface area contributed by atoms with E-state index in [-0.39, 0.29) is 0 Å². The van der Waals surface area contributed by atoms with Gasteiger partial charge in [0.15, 0.2) is 11.4 Å². The third-order valence-electron chi connectivity index (χ3n) is 9.61. The lowest BCUT2D eigenvalue weighted by Gasteiger charge is -2.11. The molecule has 4 heteroatoms. The summed E-state index contributed by atoms with van der Waals surface area (Å²) in [6.07, 6.45) is 0. The zero-order valence-corrected chi connectivity index (χ0v) is 27.0. The second-order valence-corrected chi connectivity index (χ2v) is 12.6. The van der Waals surface area contributed by atoms with Crippen molar-refractivity contribution in [1.82, 2.24) is 14.5 Å². The fourth-order valence-corrected chi connectivity index (χ4v) is 7.31. The zero-order valence-electron chi connectivity index (χ0n) is 27.0. The van der Waals surface area contributed by atoms with Gasteiger partial charge in [0.25, 0.3) is 0 Å². The van der Waals surface area contributed by atoms with Crippen molar-refractivity contribution < 1.29 is 4.42 Å². The fraction of sp³-hybridized carbons (Fsp3) is 0. The van der Waals surface area contributed by atoms with Crippen LogP contribution in [0.3, 0.4) is 0 Å². The van der Waals surface area contributed by atoms with Crippen molar-refractivity contribution in [2.45, 2.75) is 0 Å². The Morgan fingerprint density at radius 3 is 1.90 bits per heavy atom. The number of benzene rings is 7. The molecule has 0 aliphatic heterocycles. The molecule has 0 bridgehead atoms. The van der Waals surface area contributed by atoms with Gasteiger partial charge in [0.05, 0.1) is 16.4 Å². The molecule has 0 aliphatic carbocycles. The Labute approximate surface area is 288 Å². The largest absolute Gasteiger partial charge is 0.452 e. The molecule has 0 aliphatic rings. The third kappa shape index (κ3) is 4.54. The quantitative estimate of drug-likeness (QED) is 0.188. The first-order valence-corrected chi connectivity index (χ1v) is 16.8. The maximum Gasteiger partial charge on any atom is 0.180 e. The molecule has 50 heavy (non-hydrogen) atoms. The van der Waals surface area contributed by atoms with Crippen molar-refractivity contribution in [3.63, 3.8) is 0 Å². The molecule has 4 nitrogen and oxygen atoms in total. The summed E-state index contributed by atoms with van der Waals surface area (Å²) in [6.45, 7) is 0. The number of para-hydroxylation sites is 1. The molecule has 0 saturated heterocycles. The van der Waals surface area contributed by atoms with Gasteiger partial charge in [0, 0.05) is 27.6 Å². The minimum atomic E-state index is 0.670. The van der Waals surface area contributed by atoms with Gasteiger partial charge < -0.3 is 8.98 Å². The van der Waals surface area contributed by atoms with Crippen molar-refractivity contribution in [2.75, 3.05) is 0 Å². The first-order valence-electron chi connectivity index (χ1n) is 16.8. The van der Waals surface area contributed by atoms with Crippen molar-refractivity contribution >= 4 is 43.9 Å². The topological polar surface area (TPSA) is 43.9 Å². The molecule has 7 aromatic carbocycles. The average molecular weight is 640 g/mol. The second-order valence-electron chi connectivity index (χ2n) is 12.6. The highest BCUT2D eigenvalue weighted by Crippen LogP contribution is 2.41. The number of hydrogen-bond acceptors (Lipinski definition) is 3. The lowest BCUT2D eigenvalue weighted by atomic mass is 10.00. The van der Waals surface area contributed by atoms with Crippen LogP contribution in [0.5, 0.6) is 0 Å². The van der Waals surface area contributed by atoms with Gasteiger partial charge in [-0.05, 0) is 58.7 Å². The van der Waals surface area contributed by atoms with Crippen molar-refractivity contribution in [1.29, 1.82) is 0 Å². The predicted octanol–water partition coefficient (Wildman–Crippen LogP) is 12.1. The smallest absolute Gasteiger partial charge is 0.180 e. The van der Waals surface area contributed by atoms with E-state index in [0.717, 1.165) is 50.1 Å². The van der Waals surface area contributed by atoms with Crippen LogP contribution in [0.1, 0.15) is 0 Å². The molecule has 3 heterocycles. The molecule has 0 fully saturated rings. The van der Waals surface area contributed by atoms with Crippen LogP contribution in [0, 0.1) is 0 Å². The number of fused-ring (bicyclic) bond motifs is 6. The Kier molecular flexibility index (Phi) is 6.46. The van der Waals surface area contributed by atoms with Crippen molar-refractivity contribution in [2.24, 2.45) is 0 Å². The summed E-state index contributed by atoms with van der Waals surface area (Å²) >= 11 is 0. The Morgan fingerprint density at radius 2 is 1.10 bits per heavy atom. The summed E-state index contributed by atoms with van der Waals surface area (Å²) in [4.78, 5) is 10.2. The van der Waals surface area contributed by atoms with Gasteiger partial charge in [-0.1, -0.05) is 140 Å². The normalized spacial score (nSPS) is 11.6. The predicted molar refractivity (Wildman–Crippen MR) is 205 cm³/mol. The van der Waals surface area contributed by atoms with Crippen LogP contribution in [-0.2, 0) is 0 Å². The molecule has 0 saturated carbocycles. The molecule has 0 spiro atoms. The van der Waals surface area contributed by atoms with E-state index in [9.17, 15) is 0 Å². The highest BCUT2D eigenvalue weighted by molar-refractivity contribution is 6.14. The Balaban J connectivity index is 1.19. The molecule has 10 rings (SSSR count). The summed E-state index contributed by atoms with van der Waals surface area (Å²) in [7, 11) is 0. The zero-order chi connectivity index (χ0) is 33.0. The van der Waals surface area contributed by atoms with Gasteiger partial charge in [-0.25, -0.2) is 9.97 Å². The Hall–Kier alpha value is -6.78. The van der Waals surface area contributed by atoms with E-state index in [1.54, 1.807) is 0 Å². The first kappa shape index (κ1) is 28.3. The Bertz CT molecular complexity index is 2850. The second kappa shape index (κ2) is 11.4. The summed E-state index contributed by atoms with van der Waals surface area (Å²) in [6, 6.07) is 61.5. The van der Waals surface area contributed by atoms with E-state index in [0.29, 0.717) is 11.4 Å². The Morgan fingerprint density at radius 1 is 0.440 bits per heavy atom. The number of rotatable bonds is 5. The monoisotopic (exact) mass is 639 g/mol. The van der Waals surface area contributed by atoms with E-state index < -0.39 is 0 Å². The standard InChI is InChI=1S/C46H29N3O/c1-4-14-30(15-5-1)33-26-27-40-38(29-33)37-22-10-11-24-39(37)49(40)35-21-12-20-34(28-35)36-23-13-25-41-42(36)44-45(50-41)43(31-16-6-2-7-17-31)47-46(48-44)32-18-8-3-9-19-32/h1-29H. The summed E-state index contributed by atoms with van der Waals surface area (Å²) < 4.78 is 9.00. The fourth-order valence-electron chi connectivity index (χ4n) is 7.31. The van der Waals surface area contributed by atoms with Gasteiger partial charge in [-0.3, -0.25) is 0 Å².